The zero-order chi connectivity index (χ0) is 19.3. The Morgan fingerprint density at radius 1 is 0.714 bits per heavy atom. The lowest BCUT2D eigenvalue weighted by atomic mass is 9.97. The summed E-state index contributed by atoms with van der Waals surface area (Å²) in [6, 6.07) is 26.3. The molecule has 2 aromatic heterocycles. The van der Waals surface area contributed by atoms with Crippen LogP contribution in [0.5, 0.6) is 0 Å². The van der Waals surface area contributed by atoms with Crippen LogP contribution in [0.4, 0.5) is 0 Å². The quantitative estimate of drug-likeness (QED) is 0.406. The molecule has 2 aromatic carbocycles. The Morgan fingerprint density at radius 2 is 1.43 bits per heavy atom. The minimum atomic E-state index is 0.995. The predicted molar refractivity (Wildman–Crippen MR) is 113 cm³/mol. The van der Waals surface area contributed by atoms with Crippen molar-refractivity contribution in [3.05, 3.63) is 95.7 Å². The van der Waals surface area contributed by atoms with Gasteiger partial charge in [-0.2, -0.15) is 9.13 Å². The van der Waals surface area contributed by atoms with Crippen LogP contribution >= 0.6 is 0 Å². The maximum Gasteiger partial charge on any atom is 0.285 e. The van der Waals surface area contributed by atoms with Gasteiger partial charge in [-0.3, -0.25) is 0 Å². The first-order chi connectivity index (χ1) is 13.6. The highest BCUT2D eigenvalue weighted by Crippen LogP contribution is 2.42. The summed E-state index contributed by atoms with van der Waals surface area (Å²) in [5.41, 5.74) is 11.9. The summed E-state index contributed by atoms with van der Waals surface area (Å²) in [6.45, 7) is 2.19. The number of hydrogen-bond donors (Lipinski definition) is 0. The zero-order valence-corrected chi connectivity index (χ0v) is 16.6. The van der Waals surface area contributed by atoms with E-state index in [2.05, 4.69) is 109 Å². The second-order valence-corrected chi connectivity index (χ2v) is 7.68. The third-order valence-electron chi connectivity index (χ3n) is 5.95. The predicted octanol–water partition coefficient (Wildman–Crippen LogP) is 4.55. The van der Waals surface area contributed by atoms with E-state index < -0.39 is 0 Å². The molecular weight excluding hydrogens is 340 g/mol. The highest BCUT2D eigenvalue weighted by Gasteiger charge is 2.34. The SMILES string of the molecule is Cc1ccccc1-c1cc2c(c(-c3cccc[n+]3C)[n+]1C)-c1ccccc1C2. The zero-order valence-electron chi connectivity index (χ0n) is 16.6. The van der Waals surface area contributed by atoms with Gasteiger partial charge in [-0.1, -0.05) is 42.5 Å². The lowest BCUT2D eigenvalue weighted by Gasteiger charge is -2.11. The average Bonchev–Trinajstić information content (AvgIpc) is 3.07. The third kappa shape index (κ3) is 2.49. The van der Waals surface area contributed by atoms with Gasteiger partial charge in [-0.15, -0.1) is 0 Å². The van der Waals surface area contributed by atoms with Gasteiger partial charge in [0.05, 0.1) is 5.56 Å². The summed E-state index contributed by atoms with van der Waals surface area (Å²) in [6.07, 6.45) is 3.12. The summed E-state index contributed by atoms with van der Waals surface area (Å²) >= 11 is 0. The molecule has 0 saturated heterocycles. The highest BCUT2D eigenvalue weighted by atomic mass is 15.0. The van der Waals surface area contributed by atoms with Crippen molar-refractivity contribution < 1.29 is 9.13 Å². The van der Waals surface area contributed by atoms with Gasteiger partial charge >= 0.3 is 0 Å². The molecule has 2 nitrogen and oxygen atoms in total. The molecule has 2 heteroatoms. The van der Waals surface area contributed by atoms with Crippen LogP contribution < -0.4 is 9.13 Å². The number of pyridine rings is 2. The van der Waals surface area contributed by atoms with Gasteiger partial charge in [-0.25, -0.2) is 0 Å². The van der Waals surface area contributed by atoms with Crippen molar-refractivity contribution in [2.75, 3.05) is 0 Å². The maximum absolute atomic E-state index is 2.39. The van der Waals surface area contributed by atoms with E-state index in [1.807, 2.05) is 0 Å². The molecule has 0 N–H and O–H groups in total. The van der Waals surface area contributed by atoms with Gasteiger partial charge in [0.15, 0.2) is 6.20 Å². The monoisotopic (exact) mass is 364 g/mol. The Labute approximate surface area is 166 Å². The molecule has 5 rings (SSSR count). The topological polar surface area (TPSA) is 7.76 Å². The van der Waals surface area contributed by atoms with E-state index in [1.54, 1.807) is 0 Å². The molecule has 28 heavy (non-hydrogen) atoms. The molecule has 0 atom stereocenters. The van der Waals surface area contributed by atoms with Crippen molar-refractivity contribution in [1.82, 2.24) is 0 Å². The fourth-order valence-electron chi connectivity index (χ4n) is 4.53. The fourth-order valence-corrected chi connectivity index (χ4v) is 4.53. The van der Waals surface area contributed by atoms with E-state index >= 15 is 0 Å². The number of aryl methyl sites for hydroxylation is 2. The van der Waals surface area contributed by atoms with Crippen LogP contribution in [-0.4, -0.2) is 0 Å². The summed E-state index contributed by atoms with van der Waals surface area (Å²) in [5.74, 6) is 0. The lowest BCUT2D eigenvalue weighted by molar-refractivity contribution is -0.685. The summed E-state index contributed by atoms with van der Waals surface area (Å²) < 4.78 is 4.59. The van der Waals surface area contributed by atoms with Crippen molar-refractivity contribution in [3.63, 3.8) is 0 Å². The minimum Gasteiger partial charge on any atom is -0.196 e. The Kier molecular flexibility index (Phi) is 3.87. The fraction of sp³-hybridized carbons (Fsp3) is 0.154. The van der Waals surface area contributed by atoms with E-state index in [-0.39, 0.29) is 0 Å². The first-order valence-corrected chi connectivity index (χ1v) is 9.80. The molecular formula is C26H24N2+2. The molecule has 4 aromatic rings. The number of fused-ring (bicyclic) bond motifs is 3. The molecule has 2 heterocycles. The first kappa shape index (κ1) is 16.9. The minimum absolute atomic E-state index is 0.995. The van der Waals surface area contributed by atoms with Crippen LogP contribution in [0.3, 0.4) is 0 Å². The van der Waals surface area contributed by atoms with Gasteiger partial charge < -0.3 is 0 Å². The first-order valence-electron chi connectivity index (χ1n) is 9.80. The summed E-state index contributed by atoms with van der Waals surface area (Å²) in [4.78, 5) is 0. The van der Waals surface area contributed by atoms with Gasteiger partial charge in [0, 0.05) is 23.8 Å². The summed E-state index contributed by atoms with van der Waals surface area (Å²) in [5, 5.41) is 0. The van der Waals surface area contributed by atoms with Crippen LogP contribution in [0.1, 0.15) is 16.7 Å². The van der Waals surface area contributed by atoms with Crippen molar-refractivity contribution in [1.29, 1.82) is 0 Å². The number of rotatable bonds is 2. The van der Waals surface area contributed by atoms with Crippen molar-refractivity contribution >= 4 is 0 Å². The number of aromatic nitrogens is 2. The highest BCUT2D eigenvalue weighted by molar-refractivity contribution is 5.86. The third-order valence-corrected chi connectivity index (χ3v) is 5.95. The van der Waals surface area contributed by atoms with Crippen LogP contribution in [0.25, 0.3) is 33.8 Å². The van der Waals surface area contributed by atoms with E-state index in [1.165, 1.54) is 50.5 Å². The second kappa shape index (κ2) is 6.42. The van der Waals surface area contributed by atoms with E-state index in [9.17, 15) is 0 Å². The Bertz CT molecular complexity index is 1220. The molecule has 0 aliphatic heterocycles. The molecule has 136 valence electrons. The van der Waals surface area contributed by atoms with Gasteiger partial charge in [-0.05, 0) is 47.7 Å². The Balaban J connectivity index is 1.89. The van der Waals surface area contributed by atoms with E-state index in [0.29, 0.717) is 0 Å². The molecule has 0 fully saturated rings. The Hall–Kier alpha value is -3.26. The standard InChI is InChI=1S/C26H24N2/c1-18-10-4-6-12-21(18)24-17-20-16-19-11-5-7-13-22(19)25(20)26(28(24)3)23-14-8-9-15-27(23)2/h4-15,17H,16H2,1-3H3/q+2. The molecule has 0 spiro atoms. The van der Waals surface area contributed by atoms with E-state index in [0.717, 1.165) is 6.42 Å². The van der Waals surface area contributed by atoms with Gasteiger partial charge in [0.25, 0.3) is 11.4 Å². The molecule has 0 bridgehead atoms. The van der Waals surface area contributed by atoms with Crippen molar-refractivity contribution in [2.24, 2.45) is 14.1 Å². The molecule has 1 aliphatic carbocycles. The van der Waals surface area contributed by atoms with E-state index in [4.69, 9.17) is 0 Å². The summed E-state index contributed by atoms with van der Waals surface area (Å²) in [7, 11) is 4.33. The van der Waals surface area contributed by atoms with Crippen LogP contribution in [-0.2, 0) is 20.5 Å². The Morgan fingerprint density at radius 3 is 2.21 bits per heavy atom. The largest absolute Gasteiger partial charge is 0.285 e. The molecule has 0 saturated carbocycles. The number of nitrogens with zero attached hydrogens (tertiary/aromatic N) is 2. The van der Waals surface area contributed by atoms with Crippen LogP contribution in [0, 0.1) is 6.92 Å². The molecule has 1 aliphatic rings. The van der Waals surface area contributed by atoms with Crippen molar-refractivity contribution in [3.8, 4) is 33.8 Å². The van der Waals surface area contributed by atoms with Crippen LogP contribution in [0.15, 0.2) is 79.0 Å². The van der Waals surface area contributed by atoms with Crippen molar-refractivity contribution in [2.45, 2.75) is 13.3 Å². The molecule has 0 unspecified atom stereocenters. The number of benzene rings is 2. The normalized spacial score (nSPS) is 12.0. The van der Waals surface area contributed by atoms with Crippen LogP contribution in [0.2, 0.25) is 0 Å². The smallest absolute Gasteiger partial charge is 0.196 e. The maximum atomic E-state index is 2.39. The number of hydrogen-bond acceptors (Lipinski definition) is 0. The molecule has 0 amide bonds. The molecule has 0 radical (unpaired) electrons. The second-order valence-electron chi connectivity index (χ2n) is 7.68. The average molecular weight is 364 g/mol. The van der Waals surface area contributed by atoms with Gasteiger partial charge in [0.2, 0.25) is 5.69 Å². The van der Waals surface area contributed by atoms with Gasteiger partial charge in [0.1, 0.15) is 14.1 Å². The lowest BCUT2D eigenvalue weighted by Crippen LogP contribution is -2.40.